The highest BCUT2D eigenvalue weighted by atomic mass is 16.3. The van der Waals surface area contributed by atoms with Crippen LogP contribution in [0.2, 0.25) is 0 Å². The predicted octanol–water partition coefficient (Wildman–Crippen LogP) is 1.73. The molecule has 119 valence electrons. The van der Waals surface area contributed by atoms with Gasteiger partial charge < -0.3 is 15.5 Å². The van der Waals surface area contributed by atoms with Crippen LogP contribution in [-0.2, 0) is 5.11 Å². The normalized spacial score (nSPS) is 20.8. The number of anilines is 1. The molecule has 2 saturated heterocycles. The third-order valence-corrected chi connectivity index (χ3v) is 4.53. The van der Waals surface area contributed by atoms with Crippen molar-refractivity contribution in [3.05, 3.63) is 24.3 Å². The number of urea groups is 1. The number of hydrogen-bond acceptors (Lipinski definition) is 3. The van der Waals surface area contributed by atoms with Crippen LogP contribution in [0.15, 0.2) is 24.3 Å². The minimum Gasteiger partial charge on any atom is -0.322 e. The number of piperidine rings is 1. The Morgan fingerprint density at radius 3 is 2.32 bits per heavy atom. The fourth-order valence-electron chi connectivity index (χ4n) is 3.20. The fraction of sp³-hybridized carbons (Fsp3) is 0.562. The number of nitrogens with zero attached hydrogens (tertiary/aromatic N) is 2. The first-order valence-corrected chi connectivity index (χ1v) is 8.00. The van der Waals surface area contributed by atoms with Crippen molar-refractivity contribution in [3.8, 4) is 5.75 Å². The Hall–Kier alpha value is -1.79. The molecule has 0 atom stereocenters. The van der Waals surface area contributed by atoms with Gasteiger partial charge in [0.15, 0.2) is 5.75 Å². The van der Waals surface area contributed by atoms with Gasteiger partial charge in [-0.15, -0.1) is 0 Å². The fourth-order valence-corrected chi connectivity index (χ4v) is 3.20. The van der Waals surface area contributed by atoms with E-state index in [4.69, 9.17) is 0 Å². The lowest BCUT2D eigenvalue weighted by molar-refractivity contribution is 0.0975. The average molecular weight is 303 g/mol. The Morgan fingerprint density at radius 1 is 1.05 bits per heavy atom. The molecule has 2 N–H and O–H groups in total. The van der Waals surface area contributed by atoms with Crippen molar-refractivity contribution < 1.29 is 9.90 Å². The van der Waals surface area contributed by atoms with E-state index < -0.39 is 0 Å². The minimum absolute atomic E-state index is 0.0476. The van der Waals surface area contributed by atoms with E-state index >= 15 is 0 Å². The van der Waals surface area contributed by atoms with Gasteiger partial charge in [0.2, 0.25) is 0 Å². The Morgan fingerprint density at radius 2 is 1.68 bits per heavy atom. The van der Waals surface area contributed by atoms with Crippen LogP contribution in [0.1, 0.15) is 12.8 Å². The summed E-state index contributed by atoms with van der Waals surface area (Å²) in [5, 5.41) is 17.3. The molecule has 0 bridgehead atoms. The molecule has 22 heavy (non-hydrogen) atoms. The molecule has 3 rings (SSSR count). The molecule has 0 aliphatic carbocycles. The number of nitrogens with one attached hydrogen (secondary N) is 2. The van der Waals surface area contributed by atoms with E-state index in [1.807, 2.05) is 4.90 Å². The highest BCUT2D eigenvalue weighted by Crippen LogP contribution is 2.17. The monoisotopic (exact) mass is 303 g/mol. The molecular weight excluding hydrogens is 280 g/mol. The molecule has 6 nitrogen and oxygen atoms in total. The van der Waals surface area contributed by atoms with Gasteiger partial charge in [0.05, 0.1) is 0 Å². The van der Waals surface area contributed by atoms with Gasteiger partial charge >= 0.3 is 6.03 Å². The van der Waals surface area contributed by atoms with Crippen molar-refractivity contribution >= 4 is 11.7 Å². The highest BCUT2D eigenvalue weighted by Gasteiger charge is 2.26. The van der Waals surface area contributed by atoms with E-state index in [1.54, 1.807) is 12.1 Å². The van der Waals surface area contributed by atoms with Crippen LogP contribution in [0, 0.1) is 0 Å². The molecule has 0 spiro atoms. The van der Waals surface area contributed by atoms with Crippen LogP contribution in [0.3, 0.4) is 0 Å². The summed E-state index contributed by atoms with van der Waals surface area (Å²) in [6.45, 7) is 5.60. The van der Waals surface area contributed by atoms with Gasteiger partial charge in [-0.25, -0.2) is 4.79 Å². The summed E-state index contributed by atoms with van der Waals surface area (Å²) in [5.74, 6) is -0.0476. The standard InChI is InChI=1S/C16H23N4O2/c21-15-3-1-13(2-4-15)18-16(22)20-11-9-19(10-12-20)14-5-7-17-8-6-14/h1-4,14,17H,5-12H2,(H,18,22). The number of amides is 2. The number of carbonyl (C=O) groups is 1. The SMILES string of the molecule is [O]c1ccc(NC(=O)N2CCN(C3CCNCC3)CC2)cc1. The van der Waals surface area contributed by atoms with E-state index in [0.717, 1.165) is 39.3 Å². The van der Waals surface area contributed by atoms with Crippen molar-refractivity contribution in [2.24, 2.45) is 0 Å². The topological polar surface area (TPSA) is 67.5 Å². The first kappa shape index (κ1) is 15.1. The third-order valence-electron chi connectivity index (χ3n) is 4.53. The summed E-state index contributed by atoms with van der Waals surface area (Å²) < 4.78 is 0. The maximum Gasteiger partial charge on any atom is 0.321 e. The number of carbonyl (C=O) groups excluding carboxylic acids is 1. The lowest BCUT2D eigenvalue weighted by Crippen LogP contribution is -2.54. The van der Waals surface area contributed by atoms with E-state index in [0.29, 0.717) is 11.7 Å². The Labute approximate surface area is 131 Å². The van der Waals surface area contributed by atoms with Gasteiger partial charge in [-0.3, -0.25) is 10.0 Å². The van der Waals surface area contributed by atoms with Gasteiger partial charge in [-0.2, -0.15) is 0 Å². The summed E-state index contributed by atoms with van der Waals surface area (Å²) in [6, 6.07) is 6.80. The van der Waals surface area contributed by atoms with Crippen molar-refractivity contribution in [3.63, 3.8) is 0 Å². The van der Waals surface area contributed by atoms with Gasteiger partial charge in [-0.05, 0) is 50.2 Å². The van der Waals surface area contributed by atoms with Crippen molar-refractivity contribution in [1.82, 2.24) is 15.1 Å². The van der Waals surface area contributed by atoms with Gasteiger partial charge in [0.1, 0.15) is 0 Å². The second-order valence-electron chi connectivity index (χ2n) is 5.96. The smallest absolute Gasteiger partial charge is 0.321 e. The van der Waals surface area contributed by atoms with Crippen LogP contribution >= 0.6 is 0 Å². The summed E-state index contributed by atoms with van der Waals surface area (Å²) in [7, 11) is 0. The van der Waals surface area contributed by atoms with E-state index in [1.165, 1.54) is 25.0 Å². The molecule has 0 unspecified atom stereocenters. The molecular formula is C16H23N4O2. The third kappa shape index (κ3) is 3.69. The number of hydrogen-bond donors (Lipinski definition) is 2. The largest absolute Gasteiger partial charge is 0.322 e. The first-order valence-electron chi connectivity index (χ1n) is 8.00. The van der Waals surface area contributed by atoms with Gasteiger partial charge in [0.25, 0.3) is 0 Å². The van der Waals surface area contributed by atoms with E-state index in [2.05, 4.69) is 15.5 Å². The van der Waals surface area contributed by atoms with Crippen LogP contribution in [-0.4, -0.2) is 61.1 Å². The molecule has 0 saturated carbocycles. The van der Waals surface area contributed by atoms with Crippen molar-refractivity contribution in [1.29, 1.82) is 0 Å². The molecule has 6 heteroatoms. The van der Waals surface area contributed by atoms with Crippen molar-refractivity contribution in [2.45, 2.75) is 18.9 Å². The maximum atomic E-state index is 12.2. The Balaban J connectivity index is 1.48. The summed E-state index contributed by atoms with van der Waals surface area (Å²) in [5.41, 5.74) is 0.672. The maximum absolute atomic E-state index is 12.2. The van der Waals surface area contributed by atoms with Gasteiger partial charge in [-0.1, -0.05) is 0 Å². The zero-order chi connectivity index (χ0) is 15.4. The van der Waals surface area contributed by atoms with Crippen LogP contribution < -0.4 is 10.6 Å². The molecule has 1 radical (unpaired) electrons. The molecule has 1 aromatic carbocycles. The first-order chi connectivity index (χ1) is 10.7. The number of rotatable bonds is 2. The second-order valence-corrected chi connectivity index (χ2v) is 5.96. The number of piperazine rings is 1. The summed E-state index contributed by atoms with van der Waals surface area (Å²) in [6.07, 6.45) is 2.40. The average Bonchev–Trinajstić information content (AvgIpc) is 2.58. The van der Waals surface area contributed by atoms with Crippen LogP contribution in [0.4, 0.5) is 10.5 Å². The zero-order valence-corrected chi connectivity index (χ0v) is 12.8. The molecule has 2 aliphatic rings. The van der Waals surface area contributed by atoms with Gasteiger partial charge in [0, 0.05) is 37.9 Å². The van der Waals surface area contributed by atoms with Crippen molar-refractivity contribution in [2.75, 3.05) is 44.6 Å². The van der Waals surface area contributed by atoms with E-state index in [-0.39, 0.29) is 11.8 Å². The number of benzene rings is 1. The molecule has 1 aromatic rings. The molecule has 2 aliphatic heterocycles. The molecule has 0 aromatic heterocycles. The lowest BCUT2D eigenvalue weighted by atomic mass is 10.0. The Kier molecular flexibility index (Phi) is 4.80. The molecule has 2 heterocycles. The summed E-state index contributed by atoms with van der Waals surface area (Å²) in [4.78, 5) is 16.6. The molecule has 2 fully saturated rings. The van der Waals surface area contributed by atoms with Crippen LogP contribution in [0.25, 0.3) is 0 Å². The quantitative estimate of drug-likeness (QED) is 0.874. The lowest BCUT2D eigenvalue weighted by Gasteiger charge is -2.40. The van der Waals surface area contributed by atoms with Crippen LogP contribution in [0.5, 0.6) is 5.75 Å². The highest BCUT2D eigenvalue weighted by molar-refractivity contribution is 5.89. The predicted molar refractivity (Wildman–Crippen MR) is 84.6 cm³/mol. The summed E-state index contributed by atoms with van der Waals surface area (Å²) >= 11 is 0. The Bertz CT molecular complexity index is 491. The van der Waals surface area contributed by atoms with E-state index in [9.17, 15) is 9.90 Å². The molecule has 2 amide bonds. The second kappa shape index (κ2) is 6.98. The zero-order valence-electron chi connectivity index (χ0n) is 12.8. The minimum atomic E-state index is -0.0800.